The first-order chi connectivity index (χ1) is 11.3. The Morgan fingerprint density at radius 3 is 2.42 bits per heavy atom. The van der Waals surface area contributed by atoms with E-state index in [-0.39, 0.29) is 10.7 Å². The molecule has 122 valence electrons. The molecule has 0 spiro atoms. The summed E-state index contributed by atoms with van der Waals surface area (Å²) >= 11 is 0. The molecule has 0 unspecified atom stereocenters. The molecule has 2 aromatic carbocycles. The Balaban J connectivity index is 2.32. The van der Waals surface area contributed by atoms with Crippen LogP contribution in [0.3, 0.4) is 0 Å². The molecule has 0 aromatic heterocycles. The molecule has 2 aromatic rings. The lowest BCUT2D eigenvalue weighted by Crippen LogP contribution is -2.06. The third-order valence-corrected chi connectivity index (χ3v) is 5.05. The van der Waals surface area contributed by atoms with Crippen LogP contribution in [0.1, 0.15) is 22.8 Å². The summed E-state index contributed by atoms with van der Waals surface area (Å²) < 4.78 is 25.0. The molecule has 0 bridgehead atoms. The minimum Gasteiger partial charge on any atom is -0.360 e. The fourth-order valence-corrected chi connectivity index (χ4v) is 3.07. The lowest BCUT2D eigenvalue weighted by molar-refractivity contribution is 0.101. The smallest absolute Gasteiger partial charge is 0.218 e. The van der Waals surface area contributed by atoms with E-state index < -0.39 is 14.7 Å². The van der Waals surface area contributed by atoms with Crippen LogP contribution in [-0.4, -0.2) is 14.2 Å². The quantitative estimate of drug-likeness (QED) is 0.665. The number of rotatable bonds is 5. The predicted octanol–water partition coefficient (Wildman–Crippen LogP) is 3.45. The van der Waals surface area contributed by atoms with E-state index in [1.165, 1.54) is 19.1 Å². The molecule has 5 nitrogen and oxygen atoms in total. The summed E-state index contributed by atoms with van der Waals surface area (Å²) in [5.74, 6) is -0.101. The van der Waals surface area contributed by atoms with E-state index in [4.69, 9.17) is 0 Å². The SMILES string of the molecule is CC(=O)c1cccc(NC=C(C#N)S(=O)(=O)c2ccc(C)cc2)c1. The van der Waals surface area contributed by atoms with Gasteiger partial charge < -0.3 is 5.32 Å². The number of anilines is 1. The van der Waals surface area contributed by atoms with Gasteiger partial charge in [0.2, 0.25) is 9.84 Å². The molecule has 0 aliphatic heterocycles. The van der Waals surface area contributed by atoms with Gasteiger partial charge in [-0.3, -0.25) is 4.79 Å². The first-order valence-electron chi connectivity index (χ1n) is 7.14. The minimum atomic E-state index is -3.89. The molecule has 24 heavy (non-hydrogen) atoms. The van der Waals surface area contributed by atoms with E-state index in [1.54, 1.807) is 42.5 Å². The third-order valence-electron chi connectivity index (χ3n) is 3.37. The summed E-state index contributed by atoms with van der Waals surface area (Å²) in [5.41, 5.74) is 1.94. The topological polar surface area (TPSA) is 87.0 Å². The number of hydrogen-bond acceptors (Lipinski definition) is 5. The molecule has 0 amide bonds. The van der Waals surface area contributed by atoms with E-state index in [9.17, 15) is 18.5 Å². The highest BCUT2D eigenvalue weighted by Crippen LogP contribution is 2.20. The molecular formula is C18H16N2O3S. The number of benzene rings is 2. The van der Waals surface area contributed by atoms with Gasteiger partial charge in [-0.25, -0.2) is 8.42 Å². The van der Waals surface area contributed by atoms with Crippen molar-refractivity contribution in [1.29, 1.82) is 5.26 Å². The lowest BCUT2D eigenvalue weighted by Gasteiger charge is -2.06. The van der Waals surface area contributed by atoms with Gasteiger partial charge in [-0.1, -0.05) is 29.8 Å². The molecule has 0 atom stereocenters. The Kier molecular flexibility index (Phi) is 5.17. The molecule has 0 aliphatic carbocycles. The molecule has 0 saturated heterocycles. The highest BCUT2D eigenvalue weighted by molar-refractivity contribution is 7.95. The fraction of sp³-hybridized carbons (Fsp3) is 0.111. The van der Waals surface area contributed by atoms with Crippen LogP contribution in [0.15, 0.2) is 64.5 Å². The highest BCUT2D eigenvalue weighted by atomic mass is 32.2. The standard InChI is InChI=1S/C18H16N2O3S/c1-13-6-8-17(9-7-13)24(22,23)18(11-19)12-20-16-5-3-4-15(10-16)14(2)21/h3-10,12,20H,1-2H3. The molecule has 0 heterocycles. The van der Waals surface area contributed by atoms with Crippen molar-refractivity contribution in [2.75, 3.05) is 5.32 Å². The van der Waals surface area contributed by atoms with Crippen molar-refractivity contribution < 1.29 is 13.2 Å². The number of hydrogen-bond donors (Lipinski definition) is 1. The molecule has 0 fully saturated rings. The van der Waals surface area contributed by atoms with Crippen molar-refractivity contribution in [3.05, 3.63) is 70.8 Å². The Morgan fingerprint density at radius 1 is 1.17 bits per heavy atom. The fourth-order valence-electron chi connectivity index (χ4n) is 1.99. The number of carbonyl (C=O) groups is 1. The number of sulfone groups is 1. The zero-order valence-electron chi connectivity index (χ0n) is 13.3. The highest BCUT2D eigenvalue weighted by Gasteiger charge is 2.20. The molecule has 2 rings (SSSR count). The van der Waals surface area contributed by atoms with Gasteiger partial charge in [0, 0.05) is 17.5 Å². The third kappa shape index (κ3) is 3.89. The average Bonchev–Trinajstić information content (AvgIpc) is 2.56. The number of nitriles is 1. The van der Waals surface area contributed by atoms with Crippen molar-refractivity contribution >= 4 is 21.3 Å². The first kappa shape index (κ1) is 17.4. The second kappa shape index (κ2) is 7.11. The maximum atomic E-state index is 12.5. The van der Waals surface area contributed by atoms with E-state index in [2.05, 4.69) is 5.32 Å². The molecule has 6 heteroatoms. The van der Waals surface area contributed by atoms with Crippen molar-refractivity contribution in [2.24, 2.45) is 0 Å². The van der Waals surface area contributed by atoms with E-state index in [0.717, 1.165) is 11.8 Å². The van der Waals surface area contributed by atoms with Crippen molar-refractivity contribution in [2.45, 2.75) is 18.7 Å². The Labute approximate surface area is 141 Å². The van der Waals surface area contributed by atoms with Crippen molar-refractivity contribution in [3.63, 3.8) is 0 Å². The van der Waals surface area contributed by atoms with Crippen LogP contribution in [0.2, 0.25) is 0 Å². The van der Waals surface area contributed by atoms with Gasteiger partial charge in [0.05, 0.1) is 4.90 Å². The normalized spacial score (nSPS) is 11.6. The van der Waals surface area contributed by atoms with Crippen LogP contribution in [-0.2, 0) is 9.84 Å². The summed E-state index contributed by atoms with van der Waals surface area (Å²) in [6, 6.07) is 14.6. The summed E-state index contributed by atoms with van der Waals surface area (Å²) in [5, 5.41) is 12.0. The molecule has 0 saturated carbocycles. The summed E-state index contributed by atoms with van der Waals surface area (Å²) in [6.45, 7) is 3.29. The van der Waals surface area contributed by atoms with Gasteiger partial charge >= 0.3 is 0 Å². The molecular weight excluding hydrogens is 324 g/mol. The maximum Gasteiger partial charge on any atom is 0.218 e. The van der Waals surface area contributed by atoms with Gasteiger partial charge in [0.25, 0.3) is 0 Å². The van der Waals surface area contributed by atoms with Crippen molar-refractivity contribution in [1.82, 2.24) is 0 Å². The van der Waals surface area contributed by atoms with Gasteiger partial charge in [-0.05, 0) is 38.1 Å². The van der Waals surface area contributed by atoms with E-state index in [0.29, 0.717) is 11.3 Å². The number of aryl methyl sites for hydroxylation is 1. The number of nitrogens with one attached hydrogen (secondary N) is 1. The van der Waals surface area contributed by atoms with Gasteiger partial charge in [0.1, 0.15) is 6.07 Å². The van der Waals surface area contributed by atoms with Crippen LogP contribution in [0.25, 0.3) is 0 Å². The second-order valence-corrected chi connectivity index (χ2v) is 7.14. The number of ketones is 1. The minimum absolute atomic E-state index is 0.0557. The van der Waals surface area contributed by atoms with Gasteiger partial charge in [-0.15, -0.1) is 0 Å². The van der Waals surface area contributed by atoms with Crippen LogP contribution in [0.4, 0.5) is 5.69 Å². The van der Waals surface area contributed by atoms with Gasteiger partial charge in [-0.2, -0.15) is 5.26 Å². The van der Waals surface area contributed by atoms with Crippen LogP contribution in [0, 0.1) is 18.3 Å². The number of allylic oxidation sites excluding steroid dienone is 1. The van der Waals surface area contributed by atoms with Crippen molar-refractivity contribution in [3.8, 4) is 6.07 Å². The monoisotopic (exact) mass is 340 g/mol. The number of Topliss-reactive ketones (excluding diaryl/α,β-unsaturated/α-hetero) is 1. The van der Waals surface area contributed by atoms with Crippen LogP contribution >= 0.6 is 0 Å². The summed E-state index contributed by atoms with van der Waals surface area (Å²) in [7, 11) is -3.89. The maximum absolute atomic E-state index is 12.5. The van der Waals surface area contributed by atoms with Crippen LogP contribution in [0.5, 0.6) is 0 Å². The zero-order chi connectivity index (χ0) is 17.7. The first-order valence-corrected chi connectivity index (χ1v) is 8.62. The second-order valence-electron chi connectivity index (χ2n) is 5.22. The zero-order valence-corrected chi connectivity index (χ0v) is 14.1. The summed E-state index contributed by atoms with van der Waals surface area (Å²) in [4.78, 5) is 11.0. The predicted molar refractivity (Wildman–Crippen MR) is 92.1 cm³/mol. The molecule has 1 N–H and O–H groups in total. The largest absolute Gasteiger partial charge is 0.360 e. The number of nitrogens with zero attached hydrogens (tertiary/aromatic N) is 1. The average molecular weight is 340 g/mol. The van der Waals surface area contributed by atoms with Gasteiger partial charge in [0.15, 0.2) is 10.7 Å². The van der Waals surface area contributed by atoms with E-state index >= 15 is 0 Å². The molecule has 0 aliphatic rings. The van der Waals surface area contributed by atoms with E-state index in [1.807, 2.05) is 6.92 Å². The lowest BCUT2D eigenvalue weighted by atomic mass is 10.1. The Hall–Kier alpha value is -2.91. The summed E-state index contributed by atoms with van der Waals surface area (Å²) in [6.07, 6.45) is 1.13. The number of carbonyl (C=O) groups excluding carboxylic acids is 1. The molecule has 0 radical (unpaired) electrons. The van der Waals surface area contributed by atoms with Crippen LogP contribution < -0.4 is 5.32 Å². The Bertz CT molecular complexity index is 937. The Morgan fingerprint density at radius 2 is 1.83 bits per heavy atom.